The zero-order chi connectivity index (χ0) is 7.44. The average Bonchev–Trinajstić information content (AvgIpc) is 1.84. The molecule has 0 aliphatic rings. The van der Waals surface area contributed by atoms with Crippen LogP contribution in [-0.4, -0.2) is 15.9 Å². The molecule has 0 saturated carbocycles. The van der Waals surface area contributed by atoms with Crippen LogP contribution in [0.15, 0.2) is 0 Å². The van der Waals surface area contributed by atoms with E-state index in [2.05, 4.69) is 15.9 Å². The minimum absolute atomic E-state index is 0.211. The third-order valence-corrected chi connectivity index (χ3v) is 2.67. The van der Waals surface area contributed by atoms with E-state index in [9.17, 15) is 4.79 Å². The van der Waals surface area contributed by atoms with Crippen molar-refractivity contribution in [3.05, 3.63) is 0 Å². The number of halogens is 1. The summed E-state index contributed by atoms with van der Waals surface area (Å²) in [7, 11) is 0. The SMILES string of the molecule is CC[C@H](C)C(Br)C(=O)O. The zero-order valence-electron chi connectivity index (χ0n) is 5.60. The molecule has 0 heterocycles. The highest BCUT2D eigenvalue weighted by Gasteiger charge is 2.18. The second-order valence-electron chi connectivity index (χ2n) is 2.13. The summed E-state index contributed by atoms with van der Waals surface area (Å²) in [5.41, 5.74) is 0. The summed E-state index contributed by atoms with van der Waals surface area (Å²) in [6.45, 7) is 3.88. The fraction of sp³-hybridized carbons (Fsp3) is 0.833. The van der Waals surface area contributed by atoms with Crippen LogP contribution in [0.25, 0.3) is 0 Å². The van der Waals surface area contributed by atoms with E-state index >= 15 is 0 Å². The molecule has 3 heteroatoms. The molecule has 2 nitrogen and oxygen atoms in total. The topological polar surface area (TPSA) is 37.3 Å². The first-order valence-electron chi connectivity index (χ1n) is 2.96. The van der Waals surface area contributed by atoms with Gasteiger partial charge in [0, 0.05) is 0 Å². The third-order valence-electron chi connectivity index (χ3n) is 1.38. The number of aliphatic carboxylic acids is 1. The normalized spacial score (nSPS) is 16.8. The lowest BCUT2D eigenvalue weighted by Crippen LogP contribution is -2.20. The highest BCUT2D eigenvalue weighted by atomic mass is 79.9. The van der Waals surface area contributed by atoms with Crippen LogP contribution >= 0.6 is 15.9 Å². The van der Waals surface area contributed by atoms with Crippen molar-refractivity contribution in [2.75, 3.05) is 0 Å². The summed E-state index contributed by atoms with van der Waals surface area (Å²) in [5.74, 6) is -0.563. The van der Waals surface area contributed by atoms with Crippen LogP contribution in [0.2, 0.25) is 0 Å². The van der Waals surface area contributed by atoms with Crippen molar-refractivity contribution in [2.24, 2.45) is 5.92 Å². The predicted octanol–water partition coefficient (Wildman–Crippen LogP) is 1.88. The molecule has 0 aliphatic heterocycles. The second kappa shape index (κ2) is 3.88. The first-order valence-corrected chi connectivity index (χ1v) is 3.88. The molecule has 0 fully saturated rings. The van der Waals surface area contributed by atoms with Crippen molar-refractivity contribution in [3.63, 3.8) is 0 Å². The quantitative estimate of drug-likeness (QED) is 0.698. The summed E-state index contributed by atoms with van der Waals surface area (Å²) in [5, 5.41) is 8.44. The molecular formula is C6H11BrO2. The zero-order valence-corrected chi connectivity index (χ0v) is 7.18. The molecule has 0 bridgehead atoms. The van der Waals surface area contributed by atoms with E-state index in [1.165, 1.54) is 0 Å². The maximum atomic E-state index is 10.3. The Morgan fingerprint density at radius 3 is 2.33 bits per heavy atom. The van der Waals surface area contributed by atoms with Gasteiger partial charge in [-0.05, 0) is 5.92 Å². The van der Waals surface area contributed by atoms with Crippen LogP contribution in [0.5, 0.6) is 0 Å². The minimum Gasteiger partial charge on any atom is -0.480 e. The molecular weight excluding hydrogens is 184 g/mol. The van der Waals surface area contributed by atoms with Gasteiger partial charge in [0.25, 0.3) is 0 Å². The third kappa shape index (κ3) is 2.84. The molecule has 0 radical (unpaired) electrons. The van der Waals surface area contributed by atoms with Gasteiger partial charge >= 0.3 is 5.97 Å². The Bertz CT molecular complexity index is 103. The summed E-state index contributed by atoms with van der Waals surface area (Å²) >= 11 is 3.07. The van der Waals surface area contributed by atoms with E-state index in [0.717, 1.165) is 6.42 Å². The van der Waals surface area contributed by atoms with Gasteiger partial charge < -0.3 is 5.11 Å². The molecule has 9 heavy (non-hydrogen) atoms. The molecule has 54 valence electrons. The summed E-state index contributed by atoms with van der Waals surface area (Å²) in [6.07, 6.45) is 0.891. The van der Waals surface area contributed by atoms with E-state index in [1.54, 1.807) is 0 Å². The standard InChI is InChI=1S/C6H11BrO2/c1-3-4(2)5(7)6(8)9/h4-5H,3H2,1-2H3,(H,8,9)/t4-,5?/m0/s1. The van der Waals surface area contributed by atoms with E-state index < -0.39 is 5.97 Å². The molecule has 0 amide bonds. The number of carboxylic acids is 1. The summed E-state index contributed by atoms with van der Waals surface area (Å²) < 4.78 is 0. The molecule has 0 spiro atoms. The molecule has 0 saturated heterocycles. The Kier molecular flexibility index (Phi) is 3.86. The molecule has 0 aromatic carbocycles. The Morgan fingerprint density at radius 1 is 1.78 bits per heavy atom. The van der Waals surface area contributed by atoms with E-state index in [1.807, 2.05) is 13.8 Å². The van der Waals surface area contributed by atoms with Gasteiger partial charge in [0.2, 0.25) is 0 Å². The average molecular weight is 195 g/mol. The second-order valence-corrected chi connectivity index (χ2v) is 3.11. The summed E-state index contributed by atoms with van der Waals surface area (Å²) in [6, 6.07) is 0. The highest BCUT2D eigenvalue weighted by molar-refractivity contribution is 9.10. The monoisotopic (exact) mass is 194 g/mol. The van der Waals surface area contributed by atoms with Crippen LogP contribution in [0, 0.1) is 5.92 Å². The smallest absolute Gasteiger partial charge is 0.317 e. The Balaban J connectivity index is 3.72. The van der Waals surface area contributed by atoms with Crippen LogP contribution < -0.4 is 0 Å². The lowest BCUT2D eigenvalue weighted by molar-refractivity contribution is -0.137. The van der Waals surface area contributed by atoms with Crippen LogP contribution in [0.3, 0.4) is 0 Å². The van der Waals surface area contributed by atoms with Gasteiger partial charge in [0.15, 0.2) is 0 Å². The molecule has 2 atom stereocenters. The Morgan fingerprint density at radius 2 is 2.22 bits per heavy atom. The van der Waals surface area contributed by atoms with E-state index in [4.69, 9.17) is 5.11 Å². The fourth-order valence-electron chi connectivity index (χ4n) is 0.450. The lowest BCUT2D eigenvalue weighted by Gasteiger charge is -2.10. The number of carbonyl (C=O) groups is 1. The van der Waals surface area contributed by atoms with Crippen molar-refractivity contribution in [1.29, 1.82) is 0 Å². The van der Waals surface area contributed by atoms with Gasteiger partial charge in [-0.2, -0.15) is 0 Å². The van der Waals surface area contributed by atoms with Gasteiger partial charge in [-0.25, -0.2) is 0 Å². The van der Waals surface area contributed by atoms with Gasteiger partial charge in [-0.1, -0.05) is 36.2 Å². The summed E-state index contributed by atoms with van der Waals surface area (Å²) in [4.78, 5) is 9.87. The van der Waals surface area contributed by atoms with Crippen LogP contribution in [-0.2, 0) is 4.79 Å². The molecule has 1 unspecified atom stereocenters. The number of carboxylic acid groups (broad SMARTS) is 1. The number of hydrogen-bond donors (Lipinski definition) is 1. The Hall–Kier alpha value is -0.0500. The highest BCUT2D eigenvalue weighted by Crippen LogP contribution is 2.15. The minimum atomic E-state index is -0.774. The van der Waals surface area contributed by atoms with Gasteiger partial charge in [-0.15, -0.1) is 0 Å². The lowest BCUT2D eigenvalue weighted by atomic mass is 10.1. The number of alkyl halides is 1. The maximum Gasteiger partial charge on any atom is 0.317 e. The molecule has 1 N–H and O–H groups in total. The van der Waals surface area contributed by atoms with E-state index in [-0.39, 0.29) is 10.7 Å². The molecule has 0 aromatic rings. The van der Waals surface area contributed by atoms with Crippen molar-refractivity contribution < 1.29 is 9.90 Å². The maximum absolute atomic E-state index is 10.3. The van der Waals surface area contributed by atoms with Gasteiger partial charge in [-0.3, -0.25) is 4.79 Å². The van der Waals surface area contributed by atoms with Gasteiger partial charge in [0.05, 0.1) is 0 Å². The van der Waals surface area contributed by atoms with Crippen molar-refractivity contribution in [3.8, 4) is 0 Å². The molecule has 0 aliphatic carbocycles. The molecule has 0 rings (SSSR count). The van der Waals surface area contributed by atoms with Gasteiger partial charge in [0.1, 0.15) is 4.83 Å². The van der Waals surface area contributed by atoms with Crippen LogP contribution in [0.1, 0.15) is 20.3 Å². The van der Waals surface area contributed by atoms with Crippen LogP contribution in [0.4, 0.5) is 0 Å². The number of hydrogen-bond acceptors (Lipinski definition) is 1. The van der Waals surface area contributed by atoms with Crippen molar-refractivity contribution in [2.45, 2.75) is 25.1 Å². The Labute approximate surface area is 63.4 Å². The first-order chi connectivity index (χ1) is 4.09. The molecule has 0 aromatic heterocycles. The largest absolute Gasteiger partial charge is 0.480 e. The first kappa shape index (κ1) is 8.95. The fourth-order valence-corrected chi connectivity index (χ4v) is 0.824. The number of rotatable bonds is 3. The van der Waals surface area contributed by atoms with Crippen molar-refractivity contribution in [1.82, 2.24) is 0 Å². The van der Waals surface area contributed by atoms with E-state index in [0.29, 0.717) is 0 Å². The predicted molar refractivity (Wildman–Crippen MR) is 39.8 cm³/mol. The van der Waals surface area contributed by atoms with Crippen molar-refractivity contribution >= 4 is 21.9 Å².